The molecule has 0 radical (unpaired) electrons. The van der Waals surface area contributed by atoms with Crippen LogP contribution < -0.4 is 14.8 Å². The number of carbonyl (C=O) groups is 1. The summed E-state index contributed by atoms with van der Waals surface area (Å²) in [6.07, 6.45) is 4.48. The zero-order chi connectivity index (χ0) is 20.7. The van der Waals surface area contributed by atoms with E-state index < -0.39 is 0 Å². The second-order valence-corrected chi connectivity index (χ2v) is 6.73. The van der Waals surface area contributed by atoms with Gasteiger partial charge in [-0.15, -0.1) is 0 Å². The molecule has 28 heavy (non-hydrogen) atoms. The van der Waals surface area contributed by atoms with Crippen molar-refractivity contribution in [3.63, 3.8) is 0 Å². The zero-order valence-electron chi connectivity index (χ0n) is 17.3. The molecule has 0 saturated heterocycles. The first kappa shape index (κ1) is 21.5. The van der Waals surface area contributed by atoms with Gasteiger partial charge in [-0.2, -0.15) is 4.73 Å². The Bertz CT molecular complexity index is 837. The molecule has 1 aromatic carbocycles. The van der Waals surface area contributed by atoms with Crippen LogP contribution in [0.25, 0.3) is 0 Å². The van der Waals surface area contributed by atoms with Crippen LogP contribution in [0.5, 0.6) is 5.75 Å². The first-order valence-corrected chi connectivity index (χ1v) is 9.90. The normalized spacial score (nSPS) is 10.6. The molecular weight excluding hydrogens is 352 g/mol. The van der Waals surface area contributed by atoms with Crippen LogP contribution >= 0.6 is 0 Å². The summed E-state index contributed by atoms with van der Waals surface area (Å²) in [6, 6.07) is 7.66. The number of ether oxygens (including phenoxy) is 1. The number of carbonyl (C=O) groups excluding carboxylic acids is 1. The van der Waals surface area contributed by atoms with Crippen molar-refractivity contribution in [2.24, 2.45) is 0 Å². The number of para-hydroxylation sites is 1. The van der Waals surface area contributed by atoms with Crippen LogP contribution in [0.1, 0.15) is 60.1 Å². The number of pyridine rings is 1. The Morgan fingerprint density at radius 3 is 2.43 bits per heavy atom. The van der Waals surface area contributed by atoms with Crippen molar-refractivity contribution in [1.29, 1.82) is 0 Å². The summed E-state index contributed by atoms with van der Waals surface area (Å²) in [6.45, 7) is 11.8. The van der Waals surface area contributed by atoms with Crippen molar-refractivity contribution >= 4 is 11.6 Å². The van der Waals surface area contributed by atoms with Crippen LogP contribution in [0.15, 0.2) is 36.9 Å². The molecule has 0 aliphatic carbocycles. The number of amides is 1. The molecule has 5 heteroatoms. The van der Waals surface area contributed by atoms with Crippen molar-refractivity contribution in [2.75, 3.05) is 11.9 Å². The third kappa shape index (κ3) is 4.53. The van der Waals surface area contributed by atoms with Gasteiger partial charge >= 0.3 is 0 Å². The predicted octanol–water partition coefficient (Wildman–Crippen LogP) is 4.52. The molecule has 150 valence electrons. The van der Waals surface area contributed by atoms with Gasteiger partial charge in [0.25, 0.3) is 5.91 Å². The molecule has 0 saturated carbocycles. The van der Waals surface area contributed by atoms with E-state index in [2.05, 4.69) is 25.7 Å². The molecule has 1 N–H and O–H groups in total. The fourth-order valence-corrected chi connectivity index (χ4v) is 3.33. The maximum absolute atomic E-state index is 13.3. The van der Waals surface area contributed by atoms with E-state index in [1.54, 1.807) is 19.1 Å². The monoisotopic (exact) mass is 382 g/mol. The number of aryl methyl sites for hydroxylation is 3. The van der Waals surface area contributed by atoms with E-state index in [0.717, 1.165) is 40.8 Å². The third-order valence-electron chi connectivity index (χ3n) is 4.75. The summed E-state index contributed by atoms with van der Waals surface area (Å²) >= 11 is 0. The number of benzene rings is 1. The van der Waals surface area contributed by atoms with Gasteiger partial charge in [0.05, 0.1) is 0 Å². The quantitative estimate of drug-likeness (QED) is 0.394. The summed E-state index contributed by atoms with van der Waals surface area (Å²) in [5.41, 5.74) is 4.21. The summed E-state index contributed by atoms with van der Waals surface area (Å²) in [4.78, 5) is 13.3. The van der Waals surface area contributed by atoms with Crippen molar-refractivity contribution in [1.82, 2.24) is 0 Å². The Morgan fingerprint density at radius 1 is 1.25 bits per heavy atom. The Labute approximate surface area is 167 Å². The topological polar surface area (TPSA) is 65.3 Å². The van der Waals surface area contributed by atoms with Crippen LogP contribution in [-0.4, -0.2) is 12.5 Å². The molecule has 0 unspecified atom stereocenters. The first-order valence-electron chi connectivity index (χ1n) is 9.90. The molecule has 0 atom stereocenters. The van der Waals surface area contributed by atoms with E-state index >= 15 is 0 Å². The highest BCUT2D eigenvalue weighted by Crippen LogP contribution is 2.27. The van der Waals surface area contributed by atoms with E-state index in [1.165, 1.54) is 0 Å². The Hall–Kier alpha value is -2.82. The van der Waals surface area contributed by atoms with Gasteiger partial charge < -0.3 is 15.3 Å². The van der Waals surface area contributed by atoms with E-state index in [0.29, 0.717) is 29.1 Å². The molecule has 0 spiro atoms. The predicted molar refractivity (Wildman–Crippen MR) is 113 cm³/mol. The maximum Gasteiger partial charge on any atom is 0.265 e. The van der Waals surface area contributed by atoms with Crippen molar-refractivity contribution in [2.45, 2.75) is 53.4 Å². The van der Waals surface area contributed by atoms with Crippen LogP contribution in [0.3, 0.4) is 0 Å². The molecule has 0 fully saturated rings. The van der Waals surface area contributed by atoms with Crippen LogP contribution in [-0.2, 0) is 19.3 Å². The van der Waals surface area contributed by atoms with Crippen molar-refractivity contribution in [3.8, 4) is 5.75 Å². The molecule has 2 aromatic rings. The lowest BCUT2D eigenvalue weighted by molar-refractivity contribution is -0.621. The molecule has 1 aromatic heterocycles. The molecule has 1 amide bonds. The summed E-state index contributed by atoms with van der Waals surface area (Å²) in [5, 5.41) is 15.7. The lowest BCUT2D eigenvalue weighted by Crippen LogP contribution is -2.38. The van der Waals surface area contributed by atoms with Gasteiger partial charge in [-0.05, 0) is 30.4 Å². The van der Waals surface area contributed by atoms with Gasteiger partial charge in [0.2, 0.25) is 5.69 Å². The second kappa shape index (κ2) is 9.93. The number of hydrogen-bond acceptors (Lipinski definition) is 3. The van der Waals surface area contributed by atoms with Gasteiger partial charge in [0.1, 0.15) is 17.9 Å². The Morgan fingerprint density at radius 2 is 1.89 bits per heavy atom. The van der Waals surface area contributed by atoms with Gasteiger partial charge in [0, 0.05) is 25.1 Å². The fourth-order valence-electron chi connectivity index (χ4n) is 3.33. The standard InChI is InChI=1S/C23H30N2O3/c1-6-11-19-21(20(28-14-7-2)15-16(5)25(19)27)23(26)24-22-17(8-3)12-10-13-18(22)9-4/h7,10,12-13,15H,2,6,8-9,11,14H2,1,3-5H3,(H,24,26). The number of anilines is 1. The third-order valence-corrected chi connectivity index (χ3v) is 4.75. The number of hydrogen-bond donors (Lipinski definition) is 1. The van der Waals surface area contributed by atoms with E-state index in [1.807, 2.05) is 25.1 Å². The fraction of sp³-hybridized carbons (Fsp3) is 0.391. The number of aromatic nitrogens is 1. The molecule has 1 heterocycles. The van der Waals surface area contributed by atoms with Gasteiger partial charge in [-0.3, -0.25) is 4.79 Å². The van der Waals surface area contributed by atoms with E-state index in [4.69, 9.17) is 4.74 Å². The minimum atomic E-state index is -0.317. The van der Waals surface area contributed by atoms with Crippen molar-refractivity contribution < 1.29 is 14.3 Å². The first-order chi connectivity index (χ1) is 13.5. The van der Waals surface area contributed by atoms with Crippen LogP contribution in [0, 0.1) is 12.1 Å². The second-order valence-electron chi connectivity index (χ2n) is 6.73. The SMILES string of the molecule is C=CCOc1cc(C)[n+]([O-])c(CCC)c1C(=O)Nc1c(CC)cccc1CC. The van der Waals surface area contributed by atoms with Gasteiger partial charge in [0.15, 0.2) is 5.69 Å². The largest absolute Gasteiger partial charge is 0.618 e. The minimum absolute atomic E-state index is 0.264. The molecular formula is C23H30N2O3. The summed E-state index contributed by atoms with van der Waals surface area (Å²) in [5.74, 6) is 0.0974. The molecule has 0 aliphatic rings. The molecule has 0 bridgehead atoms. The highest BCUT2D eigenvalue weighted by Gasteiger charge is 2.27. The van der Waals surface area contributed by atoms with Gasteiger partial charge in [-0.1, -0.05) is 51.6 Å². The Kier molecular flexibility index (Phi) is 7.61. The van der Waals surface area contributed by atoms with E-state index in [9.17, 15) is 10.0 Å². The zero-order valence-corrected chi connectivity index (χ0v) is 17.3. The number of nitrogens with zero attached hydrogens (tertiary/aromatic N) is 1. The van der Waals surface area contributed by atoms with Gasteiger partial charge in [-0.25, -0.2) is 0 Å². The van der Waals surface area contributed by atoms with Crippen LogP contribution in [0.4, 0.5) is 5.69 Å². The highest BCUT2D eigenvalue weighted by atomic mass is 16.5. The number of nitrogens with one attached hydrogen (secondary N) is 1. The molecule has 2 rings (SSSR count). The average Bonchev–Trinajstić information content (AvgIpc) is 2.70. The minimum Gasteiger partial charge on any atom is -0.618 e. The molecule has 5 nitrogen and oxygen atoms in total. The van der Waals surface area contributed by atoms with E-state index in [-0.39, 0.29) is 12.5 Å². The average molecular weight is 383 g/mol. The van der Waals surface area contributed by atoms with Crippen molar-refractivity contribution in [3.05, 3.63) is 70.2 Å². The smallest absolute Gasteiger partial charge is 0.265 e. The molecule has 0 aliphatic heterocycles. The Balaban J connectivity index is 2.58. The lowest BCUT2D eigenvalue weighted by Gasteiger charge is -2.18. The maximum atomic E-state index is 13.3. The number of rotatable bonds is 9. The summed E-state index contributed by atoms with van der Waals surface area (Å²) < 4.78 is 6.59. The highest BCUT2D eigenvalue weighted by molar-refractivity contribution is 6.07. The van der Waals surface area contributed by atoms with Crippen LogP contribution in [0.2, 0.25) is 0 Å². The summed E-state index contributed by atoms with van der Waals surface area (Å²) in [7, 11) is 0. The lowest BCUT2D eigenvalue weighted by atomic mass is 10.0.